The molecule has 11 heteroatoms. The lowest BCUT2D eigenvalue weighted by atomic mass is 10.0. The lowest BCUT2D eigenvalue weighted by Gasteiger charge is -2.27. The van der Waals surface area contributed by atoms with E-state index < -0.39 is 44.8 Å². The number of phosphoric acid groups is 1. The number of aliphatic hydroxyl groups excluding tert-OH is 4. The zero-order chi connectivity index (χ0) is 24.9. The van der Waals surface area contributed by atoms with Crippen LogP contribution < -0.4 is 0 Å². The predicted octanol–water partition coefficient (Wildman–Crippen LogP) is 2.27. The number of hydrogen-bond acceptors (Lipinski definition) is 10. The highest BCUT2D eigenvalue weighted by atomic mass is 31.2. The zero-order valence-corrected chi connectivity index (χ0v) is 21.1. The van der Waals surface area contributed by atoms with Gasteiger partial charge in [0.1, 0.15) is 18.3 Å². The molecule has 0 fully saturated rings. The molecule has 0 saturated heterocycles. The highest BCUT2D eigenvalue weighted by Crippen LogP contribution is 2.50. The molecule has 7 atom stereocenters. The van der Waals surface area contributed by atoms with Crippen LogP contribution in [-0.2, 0) is 27.7 Å². The molecular weight excluding hydrogens is 443 g/mol. The molecule has 0 aliphatic carbocycles. The molecule has 0 aromatic carbocycles. The van der Waals surface area contributed by atoms with E-state index in [2.05, 4.69) is 0 Å². The summed E-state index contributed by atoms with van der Waals surface area (Å²) in [5.41, 5.74) is 0. The minimum absolute atomic E-state index is 0.0467. The fraction of sp³-hybridized carbons (Fsp3) is 0.952. The first-order chi connectivity index (χ1) is 14.9. The lowest BCUT2D eigenvalue weighted by molar-refractivity contribution is -0.171. The molecule has 0 rings (SSSR count). The lowest BCUT2D eigenvalue weighted by Crippen LogP contribution is -2.49. The van der Waals surface area contributed by atoms with Crippen LogP contribution in [0.4, 0.5) is 0 Å². The minimum atomic E-state index is -4.05. The van der Waals surface area contributed by atoms with Crippen LogP contribution >= 0.6 is 7.82 Å². The third-order valence-corrected chi connectivity index (χ3v) is 6.74. The van der Waals surface area contributed by atoms with E-state index in [1.807, 2.05) is 41.5 Å². The molecule has 0 aromatic heterocycles. The second-order valence-electron chi connectivity index (χ2n) is 8.50. The Kier molecular flexibility index (Phi) is 15.8. The van der Waals surface area contributed by atoms with E-state index in [4.69, 9.17) is 18.3 Å². The van der Waals surface area contributed by atoms with Gasteiger partial charge in [0.15, 0.2) is 6.10 Å². The molecule has 0 spiro atoms. The average molecular weight is 487 g/mol. The average Bonchev–Trinajstić information content (AvgIpc) is 2.80. The van der Waals surface area contributed by atoms with Crippen molar-refractivity contribution >= 4 is 13.8 Å². The molecule has 0 bridgehead atoms. The Morgan fingerprint density at radius 2 is 1.12 bits per heavy atom. The summed E-state index contributed by atoms with van der Waals surface area (Å²) in [5, 5.41) is 40.2. The molecule has 0 aromatic rings. The highest BCUT2D eigenvalue weighted by molar-refractivity contribution is 7.48. The standard InChI is InChI=1S/C21H43O10P/c1-7-14(4)10-28-21(26)20(25)19(24)18(23)17(22)13-31-32(27,29-11-15(5)8-2)30-12-16(6)9-3/h14-20,22-25H,7-13H2,1-6H3/t14?,15?,16?,17-,18-,19+,20-,32?/m1/s1. The summed E-state index contributed by atoms with van der Waals surface area (Å²) in [6, 6.07) is 0. The Morgan fingerprint density at radius 3 is 1.56 bits per heavy atom. The summed E-state index contributed by atoms with van der Waals surface area (Å²) in [4.78, 5) is 11.9. The number of aliphatic hydroxyl groups is 4. The maximum Gasteiger partial charge on any atom is 0.474 e. The molecule has 3 unspecified atom stereocenters. The van der Waals surface area contributed by atoms with Gasteiger partial charge in [-0.25, -0.2) is 9.36 Å². The van der Waals surface area contributed by atoms with Crippen molar-refractivity contribution in [2.45, 2.75) is 85.2 Å². The molecule has 0 heterocycles. The van der Waals surface area contributed by atoms with Crippen molar-refractivity contribution in [3.05, 3.63) is 0 Å². The Bertz CT molecular complexity index is 543. The van der Waals surface area contributed by atoms with Gasteiger partial charge in [-0.1, -0.05) is 60.8 Å². The zero-order valence-electron chi connectivity index (χ0n) is 20.2. The maximum atomic E-state index is 12.9. The quantitative estimate of drug-likeness (QED) is 0.168. The van der Waals surface area contributed by atoms with Crippen molar-refractivity contribution < 1.29 is 48.1 Å². The SMILES string of the molecule is CCC(C)COC(=O)[C@H](O)[C@@H](O)[C@H](O)[C@H](O)COP(=O)(OCC(C)CC)OCC(C)CC. The van der Waals surface area contributed by atoms with Gasteiger partial charge in [0.25, 0.3) is 0 Å². The van der Waals surface area contributed by atoms with Gasteiger partial charge in [-0.3, -0.25) is 13.6 Å². The van der Waals surface area contributed by atoms with E-state index in [1.54, 1.807) is 0 Å². The third-order valence-electron chi connectivity index (χ3n) is 5.35. The number of rotatable bonds is 18. The predicted molar refractivity (Wildman–Crippen MR) is 119 cm³/mol. The highest BCUT2D eigenvalue weighted by Gasteiger charge is 2.37. The van der Waals surface area contributed by atoms with Crippen molar-refractivity contribution in [3.63, 3.8) is 0 Å². The van der Waals surface area contributed by atoms with Gasteiger partial charge in [0.2, 0.25) is 0 Å². The van der Waals surface area contributed by atoms with E-state index >= 15 is 0 Å². The van der Waals surface area contributed by atoms with Crippen LogP contribution in [0.1, 0.15) is 60.8 Å². The van der Waals surface area contributed by atoms with Crippen LogP contribution in [0.15, 0.2) is 0 Å². The van der Waals surface area contributed by atoms with Gasteiger partial charge in [0.05, 0.1) is 26.4 Å². The number of esters is 1. The van der Waals surface area contributed by atoms with Crippen molar-refractivity contribution in [1.82, 2.24) is 0 Å². The normalized spacial score (nSPS) is 20.4. The van der Waals surface area contributed by atoms with E-state index in [0.717, 1.165) is 19.3 Å². The summed E-state index contributed by atoms with van der Waals surface area (Å²) in [6.45, 7) is 11.0. The van der Waals surface area contributed by atoms with Gasteiger partial charge in [0, 0.05) is 0 Å². The number of carbonyl (C=O) groups is 1. The van der Waals surface area contributed by atoms with Crippen molar-refractivity contribution in [2.75, 3.05) is 26.4 Å². The largest absolute Gasteiger partial charge is 0.474 e. The van der Waals surface area contributed by atoms with E-state index in [-0.39, 0.29) is 37.6 Å². The molecule has 4 N–H and O–H groups in total. The van der Waals surface area contributed by atoms with Crippen molar-refractivity contribution in [2.24, 2.45) is 17.8 Å². The Hall–Kier alpha value is -0.580. The maximum absolute atomic E-state index is 12.9. The smallest absolute Gasteiger partial charge is 0.463 e. The fourth-order valence-corrected chi connectivity index (χ4v) is 3.47. The molecule has 0 radical (unpaired) electrons. The second-order valence-corrected chi connectivity index (χ2v) is 10.2. The first-order valence-corrected chi connectivity index (χ1v) is 12.8. The fourth-order valence-electron chi connectivity index (χ4n) is 2.03. The van der Waals surface area contributed by atoms with Crippen molar-refractivity contribution in [1.29, 1.82) is 0 Å². The van der Waals surface area contributed by atoms with Crippen LogP contribution in [0, 0.1) is 17.8 Å². The summed E-state index contributed by atoms with van der Waals surface area (Å²) >= 11 is 0. The van der Waals surface area contributed by atoms with Crippen LogP contribution in [0.3, 0.4) is 0 Å². The Balaban J connectivity index is 4.92. The van der Waals surface area contributed by atoms with Gasteiger partial charge in [-0.2, -0.15) is 0 Å². The van der Waals surface area contributed by atoms with Crippen LogP contribution in [0.5, 0.6) is 0 Å². The summed E-state index contributed by atoms with van der Waals surface area (Å²) in [5.74, 6) is -0.877. The van der Waals surface area contributed by atoms with Gasteiger partial charge < -0.3 is 25.2 Å². The molecule has 0 aliphatic heterocycles. The van der Waals surface area contributed by atoms with E-state index in [1.165, 1.54) is 0 Å². The molecule has 32 heavy (non-hydrogen) atoms. The first-order valence-electron chi connectivity index (χ1n) is 11.3. The van der Waals surface area contributed by atoms with Gasteiger partial charge >= 0.3 is 13.8 Å². The summed E-state index contributed by atoms with van der Waals surface area (Å²) < 4.78 is 33.7. The topological polar surface area (TPSA) is 152 Å². The molecule has 10 nitrogen and oxygen atoms in total. The molecular formula is C21H43O10P. The minimum Gasteiger partial charge on any atom is -0.463 e. The number of hydrogen-bond donors (Lipinski definition) is 4. The van der Waals surface area contributed by atoms with Gasteiger partial charge in [-0.05, 0) is 17.8 Å². The van der Waals surface area contributed by atoms with Crippen LogP contribution in [-0.4, -0.2) is 77.2 Å². The summed E-state index contributed by atoms with van der Waals surface area (Å²) in [6.07, 6.45) is -5.55. The van der Waals surface area contributed by atoms with Gasteiger partial charge in [-0.15, -0.1) is 0 Å². The Labute approximate surface area is 191 Å². The third kappa shape index (κ3) is 12.0. The number of carbonyl (C=O) groups excluding carboxylic acids is 1. The van der Waals surface area contributed by atoms with E-state index in [9.17, 15) is 29.8 Å². The van der Waals surface area contributed by atoms with Crippen LogP contribution in [0.2, 0.25) is 0 Å². The monoisotopic (exact) mass is 486 g/mol. The molecule has 0 aliphatic rings. The molecule has 0 amide bonds. The van der Waals surface area contributed by atoms with Crippen molar-refractivity contribution in [3.8, 4) is 0 Å². The second kappa shape index (κ2) is 16.1. The summed E-state index contributed by atoms with van der Waals surface area (Å²) in [7, 11) is -4.05. The number of phosphoric ester groups is 1. The Morgan fingerprint density at radius 1 is 0.719 bits per heavy atom. The molecule has 192 valence electrons. The van der Waals surface area contributed by atoms with E-state index in [0.29, 0.717) is 0 Å². The number of ether oxygens (including phenoxy) is 1. The molecule has 0 saturated carbocycles. The van der Waals surface area contributed by atoms with Crippen LogP contribution in [0.25, 0.3) is 0 Å². The first kappa shape index (κ1) is 31.4.